The van der Waals surface area contributed by atoms with Crippen molar-refractivity contribution in [1.82, 2.24) is 14.9 Å². The number of halogens is 1. The molecule has 2 rings (SSSR count). The van der Waals surface area contributed by atoms with E-state index in [4.69, 9.17) is 0 Å². The Morgan fingerprint density at radius 1 is 1.20 bits per heavy atom. The first-order chi connectivity index (χ1) is 11.9. The number of rotatable bonds is 5. The first-order valence-corrected chi connectivity index (χ1v) is 9.57. The molecule has 1 atom stereocenters. The number of likely N-dealkylation sites (N-methyl/N-ethyl adjacent to an activating group) is 1. The van der Waals surface area contributed by atoms with Gasteiger partial charge in [-0.2, -0.15) is 4.31 Å². The fourth-order valence-electron chi connectivity index (χ4n) is 2.87. The topological polar surface area (TPSA) is 95.6 Å². The summed E-state index contributed by atoms with van der Waals surface area (Å²) in [6.07, 6.45) is 2.73. The van der Waals surface area contributed by atoms with Crippen molar-refractivity contribution in [2.45, 2.75) is 36.6 Å². The number of nitrogens with zero attached hydrogens (tertiary/aromatic N) is 1. The predicted molar refractivity (Wildman–Crippen MR) is 89.6 cm³/mol. The van der Waals surface area contributed by atoms with Crippen LogP contribution >= 0.6 is 0 Å². The fourth-order valence-corrected chi connectivity index (χ4v) is 4.59. The van der Waals surface area contributed by atoms with Crippen molar-refractivity contribution < 1.29 is 22.4 Å². The number of hydrogen-bond donors (Lipinski definition) is 2. The largest absolute Gasteiger partial charge is 0.351 e. The normalized spacial score (nSPS) is 18.6. The molecule has 0 unspecified atom stereocenters. The minimum Gasteiger partial charge on any atom is -0.351 e. The highest BCUT2D eigenvalue weighted by Crippen LogP contribution is 2.27. The van der Waals surface area contributed by atoms with Crippen LogP contribution in [0, 0.1) is 5.82 Å². The van der Waals surface area contributed by atoms with E-state index in [1.807, 2.05) is 0 Å². The molecule has 2 amide bonds. The van der Waals surface area contributed by atoms with Crippen molar-refractivity contribution in [1.29, 1.82) is 0 Å². The maximum Gasteiger partial charge on any atom is 0.309 e. The van der Waals surface area contributed by atoms with Crippen molar-refractivity contribution in [3.63, 3.8) is 0 Å². The molecule has 0 bridgehead atoms. The molecular formula is C16H22FN3O4S. The Labute approximate surface area is 146 Å². The third-order valence-electron chi connectivity index (χ3n) is 4.19. The standard InChI is InChI=1S/C16H22FN3O4S/c1-18-15(21)16(22)19-10-9-13-4-2-3-11-20(13)25(23,24)14-7-5-12(17)6-8-14/h5-8,13H,2-4,9-11H2,1H3,(H,18,21)(H,19,22)/t13-/m1/s1. The SMILES string of the molecule is CNC(=O)C(=O)NCC[C@H]1CCCCN1S(=O)(=O)c1ccc(F)cc1. The van der Waals surface area contributed by atoms with Crippen LogP contribution in [0.5, 0.6) is 0 Å². The zero-order chi connectivity index (χ0) is 18.4. The molecular weight excluding hydrogens is 349 g/mol. The lowest BCUT2D eigenvalue weighted by molar-refractivity contribution is -0.138. The molecule has 1 aliphatic rings. The summed E-state index contributed by atoms with van der Waals surface area (Å²) in [6.45, 7) is 0.583. The van der Waals surface area contributed by atoms with E-state index in [-0.39, 0.29) is 17.5 Å². The first-order valence-electron chi connectivity index (χ1n) is 8.13. The van der Waals surface area contributed by atoms with Gasteiger partial charge < -0.3 is 10.6 Å². The molecule has 9 heteroatoms. The van der Waals surface area contributed by atoms with E-state index < -0.39 is 27.7 Å². The van der Waals surface area contributed by atoms with Gasteiger partial charge in [-0.25, -0.2) is 12.8 Å². The summed E-state index contributed by atoms with van der Waals surface area (Å²) >= 11 is 0. The van der Waals surface area contributed by atoms with E-state index in [0.29, 0.717) is 19.4 Å². The van der Waals surface area contributed by atoms with Crippen molar-refractivity contribution >= 4 is 21.8 Å². The molecule has 1 aliphatic heterocycles. The third kappa shape index (κ3) is 4.76. The van der Waals surface area contributed by atoms with Gasteiger partial charge in [0, 0.05) is 26.2 Å². The number of amides is 2. The highest BCUT2D eigenvalue weighted by Gasteiger charge is 2.33. The van der Waals surface area contributed by atoms with Gasteiger partial charge in [0.15, 0.2) is 0 Å². The van der Waals surface area contributed by atoms with Gasteiger partial charge in [-0.1, -0.05) is 6.42 Å². The van der Waals surface area contributed by atoms with Gasteiger partial charge in [-0.3, -0.25) is 9.59 Å². The van der Waals surface area contributed by atoms with Crippen molar-refractivity contribution in [2.75, 3.05) is 20.1 Å². The number of piperidine rings is 1. The summed E-state index contributed by atoms with van der Waals surface area (Å²) in [5, 5.41) is 4.70. The smallest absolute Gasteiger partial charge is 0.309 e. The maximum atomic E-state index is 13.0. The highest BCUT2D eigenvalue weighted by atomic mass is 32.2. The molecule has 0 spiro atoms. The van der Waals surface area contributed by atoms with Gasteiger partial charge in [0.1, 0.15) is 5.82 Å². The Morgan fingerprint density at radius 2 is 1.88 bits per heavy atom. The summed E-state index contributed by atoms with van der Waals surface area (Å²) in [5.74, 6) is -1.98. The quantitative estimate of drug-likeness (QED) is 0.742. The number of carbonyl (C=O) groups excluding carboxylic acids is 2. The lowest BCUT2D eigenvalue weighted by Gasteiger charge is -2.34. The average Bonchev–Trinajstić information content (AvgIpc) is 2.61. The van der Waals surface area contributed by atoms with E-state index in [1.54, 1.807) is 0 Å². The molecule has 1 fully saturated rings. The lowest BCUT2D eigenvalue weighted by atomic mass is 10.0. The molecule has 0 saturated carbocycles. The minimum atomic E-state index is -3.72. The highest BCUT2D eigenvalue weighted by molar-refractivity contribution is 7.89. The molecule has 1 saturated heterocycles. The van der Waals surface area contributed by atoms with Gasteiger partial charge >= 0.3 is 11.8 Å². The van der Waals surface area contributed by atoms with E-state index in [1.165, 1.54) is 23.5 Å². The van der Waals surface area contributed by atoms with Crippen LogP contribution in [0.3, 0.4) is 0 Å². The van der Waals surface area contributed by atoms with E-state index in [9.17, 15) is 22.4 Å². The Kier molecular flexibility index (Phi) is 6.49. The molecule has 138 valence electrons. The lowest BCUT2D eigenvalue weighted by Crippen LogP contribution is -2.46. The van der Waals surface area contributed by atoms with Crippen molar-refractivity contribution in [2.24, 2.45) is 0 Å². The van der Waals surface area contributed by atoms with E-state index in [0.717, 1.165) is 25.0 Å². The van der Waals surface area contributed by atoms with Gasteiger partial charge in [-0.15, -0.1) is 0 Å². The monoisotopic (exact) mass is 371 g/mol. The zero-order valence-electron chi connectivity index (χ0n) is 14.0. The summed E-state index contributed by atoms with van der Waals surface area (Å²) in [5.41, 5.74) is 0. The predicted octanol–water partition coefficient (Wildman–Crippen LogP) is 0.621. The molecule has 7 nitrogen and oxygen atoms in total. The van der Waals surface area contributed by atoms with Crippen LogP contribution in [0.1, 0.15) is 25.7 Å². The number of benzene rings is 1. The van der Waals surface area contributed by atoms with Crippen LogP contribution in [0.15, 0.2) is 29.2 Å². The second-order valence-electron chi connectivity index (χ2n) is 5.84. The molecule has 0 aromatic heterocycles. The summed E-state index contributed by atoms with van der Waals surface area (Å²) < 4.78 is 40.1. The molecule has 2 N–H and O–H groups in total. The Morgan fingerprint density at radius 3 is 2.52 bits per heavy atom. The van der Waals surface area contributed by atoms with Gasteiger partial charge in [0.25, 0.3) is 0 Å². The van der Waals surface area contributed by atoms with Crippen molar-refractivity contribution in [3.05, 3.63) is 30.1 Å². The van der Waals surface area contributed by atoms with Crippen LogP contribution in [0.25, 0.3) is 0 Å². The molecule has 0 radical (unpaired) electrons. The van der Waals surface area contributed by atoms with E-state index >= 15 is 0 Å². The molecule has 1 aromatic carbocycles. The zero-order valence-corrected chi connectivity index (χ0v) is 14.8. The number of carbonyl (C=O) groups is 2. The van der Waals surface area contributed by atoms with Gasteiger partial charge in [0.2, 0.25) is 10.0 Å². The maximum absolute atomic E-state index is 13.0. The van der Waals surface area contributed by atoms with Crippen LogP contribution < -0.4 is 10.6 Å². The Bertz CT molecular complexity index is 721. The average molecular weight is 371 g/mol. The summed E-state index contributed by atoms with van der Waals surface area (Å²) in [7, 11) is -2.36. The van der Waals surface area contributed by atoms with Crippen molar-refractivity contribution in [3.8, 4) is 0 Å². The Balaban J connectivity index is 2.05. The molecule has 1 heterocycles. The second-order valence-corrected chi connectivity index (χ2v) is 7.73. The number of sulfonamides is 1. The number of hydrogen-bond acceptors (Lipinski definition) is 4. The van der Waals surface area contributed by atoms with Gasteiger partial charge in [-0.05, 0) is 43.5 Å². The van der Waals surface area contributed by atoms with Crippen LogP contribution in [0.2, 0.25) is 0 Å². The Hall–Kier alpha value is -2.00. The molecule has 1 aromatic rings. The molecule has 25 heavy (non-hydrogen) atoms. The van der Waals surface area contributed by atoms with Crippen LogP contribution in [-0.2, 0) is 19.6 Å². The van der Waals surface area contributed by atoms with E-state index in [2.05, 4.69) is 10.6 Å². The summed E-state index contributed by atoms with van der Waals surface area (Å²) in [6, 6.07) is 4.48. The molecule has 0 aliphatic carbocycles. The third-order valence-corrected chi connectivity index (χ3v) is 6.16. The number of nitrogens with one attached hydrogen (secondary N) is 2. The fraction of sp³-hybridized carbons (Fsp3) is 0.500. The first kappa shape index (κ1) is 19.3. The van der Waals surface area contributed by atoms with Crippen LogP contribution in [0.4, 0.5) is 4.39 Å². The van der Waals surface area contributed by atoms with Crippen LogP contribution in [-0.4, -0.2) is 50.7 Å². The van der Waals surface area contributed by atoms with Gasteiger partial charge in [0.05, 0.1) is 4.90 Å². The minimum absolute atomic E-state index is 0.0511. The summed E-state index contributed by atoms with van der Waals surface area (Å²) in [4.78, 5) is 22.7. The second kappa shape index (κ2) is 8.39.